The number of phenolic OH excluding ortho intramolecular Hbond substituents is 1. The fraction of sp³-hybridized carbons (Fsp3) is 0.450. The van der Waals surface area contributed by atoms with Crippen LogP contribution in [-0.2, 0) is 20.4 Å². The minimum absolute atomic E-state index is 0.120. The summed E-state index contributed by atoms with van der Waals surface area (Å²) in [6.45, 7) is 14.1. The van der Waals surface area contributed by atoms with Crippen LogP contribution in [-0.4, -0.2) is 10.9 Å². The van der Waals surface area contributed by atoms with Gasteiger partial charge in [0.25, 0.3) is 0 Å². The Morgan fingerprint density at radius 1 is 1.00 bits per heavy atom. The molecule has 0 atom stereocenters. The van der Waals surface area contributed by atoms with Crippen molar-refractivity contribution in [2.24, 2.45) is 0 Å². The Morgan fingerprint density at radius 2 is 1.48 bits per heavy atom. The van der Waals surface area contributed by atoms with Gasteiger partial charge < -0.3 is 9.84 Å². The molecule has 1 heterocycles. The molecule has 124 valence electrons. The molecular weight excluding hydrogens is 288 g/mol. The fourth-order valence-electron chi connectivity index (χ4n) is 2.64. The van der Waals surface area contributed by atoms with Crippen molar-refractivity contribution in [1.29, 1.82) is 0 Å². The number of aromatic hydroxyl groups is 1. The third-order valence-corrected chi connectivity index (χ3v) is 3.89. The van der Waals surface area contributed by atoms with Crippen molar-refractivity contribution in [2.75, 3.05) is 0 Å². The monoisotopic (exact) mass is 314 g/mol. The van der Waals surface area contributed by atoms with Gasteiger partial charge in [-0.2, -0.15) is 0 Å². The highest BCUT2D eigenvalue weighted by Crippen LogP contribution is 2.40. The van der Waals surface area contributed by atoms with Gasteiger partial charge in [-0.25, -0.2) is 0 Å². The summed E-state index contributed by atoms with van der Waals surface area (Å²) in [5.41, 5.74) is 2.20. The number of carbonyl (C=O) groups excluding carboxylic acids is 1. The first-order valence-corrected chi connectivity index (χ1v) is 7.90. The van der Waals surface area contributed by atoms with E-state index in [0.29, 0.717) is 17.3 Å². The van der Waals surface area contributed by atoms with Crippen LogP contribution in [0.2, 0.25) is 0 Å². The molecule has 0 aliphatic carbocycles. The lowest BCUT2D eigenvalue weighted by atomic mass is 9.78. The molecule has 23 heavy (non-hydrogen) atoms. The first-order chi connectivity index (χ1) is 10.4. The zero-order chi connectivity index (χ0) is 17.6. The number of benzene rings is 1. The third kappa shape index (κ3) is 3.66. The van der Waals surface area contributed by atoms with E-state index in [1.54, 1.807) is 13.0 Å². The topological polar surface area (TPSA) is 46.5 Å². The molecule has 0 aromatic heterocycles. The van der Waals surface area contributed by atoms with Crippen molar-refractivity contribution in [3.05, 3.63) is 46.4 Å². The molecule has 1 aliphatic heterocycles. The van der Waals surface area contributed by atoms with Crippen LogP contribution < -0.4 is 0 Å². The van der Waals surface area contributed by atoms with E-state index in [0.717, 1.165) is 16.7 Å². The van der Waals surface area contributed by atoms with Gasteiger partial charge >= 0.3 is 0 Å². The predicted molar refractivity (Wildman–Crippen MR) is 93.3 cm³/mol. The zero-order valence-electron chi connectivity index (χ0n) is 15.1. The molecule has 1 aliphatic rings. The van der Waals surface area contributed by atoms with Crippen LogP contribution >= 0.6 is 0 Å². The molecule has 1 aromatic carbocycles. The lowest BCUT2D eigenvalue weighted by Gasteiger charge is -2.28. The number of rotatable bonds is 1. The summed E-state index contributed by atoms with van der Waals surface area (Å²) in [6.07, 6.45) is 3.24. The van der Waals surface area contributed by atoms with Crippen molar-refractivity contribution in [3.8, 4) is 5.75 Å². The fourth-order valence-corrected chi connectivity index (χ4v) is 2.64. The average Bonchev–Trinajstić information content (AvgIpc) is 2.67. The number of ketones is 1. The normalized spacial score (nSPS) is 17.4. The summed E-state index contributed by atoms with van der Waals surface area (Å²) in [6, 6.07) is 3.86. The van der Waals surface area contributed by atoms with Crippen LogP contribution in [0, 0.1) is 0 Å². The molecule has 3 heteroatoms. The minimum atomic E-state index is -0.201. The van der Waals surface area contributed by atoms with Gasteiger partial charge in [0.1, 0.15) is 11.5 Å². The molecule has 0 radical (unpaired) electrons. The first kappa shape index (κ1) is 17.3. The van der Waals surface area contributed by atoms with E-state index in [-0.39, 0.29) is 16.6 Å². The maximum absolute atomic E-state index is 11.9. The van der Waals surface area contributed by atoms with E-state index in [4.69, 9.17) is 4.74 Å². The second-order valence-corrected chi connectivity index (χ2v) is 8.19. The molecule has 1 aromatic rings. The number of allylic oxidation sites excluding steroid dienone is 2. The molecular formula is C20H26O3. The van der Waals surface area contributed by atoms with E-state index >= 15 is 0 Å². The second kappa shape index (κ2) is 5.55. The maximum Gasteiger partial charge on any atom is 0.224 e. The van der Waals surface area contributed by atoms with Gasteiger partial charge in [-0.1, -0.05) is 41.5 Å². The molecule has 0 unspecified atom stereocenters. The second-order valence-electron chi connectivity index (χ2n) is 8.19. The van der Waals surface area contributed by atoms with Crippen LogP contribution in [0.1, 0.15) is 65.2 Å². The van der Waals surface area contributed by atoms with Crippen LogP contribution in [0.3, 0.4) is 0 Å². The van der Waals surface area contributed by atoms with Gasteiger partial charge in [0, 0.05) is 17.2 Å². The summed E-state index contributed by atoms with van der Waals surface area (Å²) in [4.78, 5) is 11.9. The third-order valence-electron chi connectivity index (χ3n) is 3.89. The van der Waals surface area contributed by atoms with Gasteiger partial charge in [0.2, 0.25) is 5.78 Å². The molecule has 0 fully saturated rings. The number of hydrogen-bond acceptors (Lipinski definition) is 3. The van der Waals surface area contributed by atoms with Gasteiger partial charge in [0.15, 0.2) is 5.76 Å². The Labute approximate surface area is 138 Å². The smallest absolute Gasteiger partial charge is 0.224 e. The van der Waals surface area contributed by atoms with Crippen LogP contribution in [0.25, 0.3) is 6.08 Å². The highest BCUT2D eigenvalue weighted by Gasteiger charge is 2.27. The standard InChI is InChI=1S/C20H26O3/c1-12-8-16(21)17(23-12)11-13-9-14(19(2,3)4)18(22)15(10-13)20(5,6)7/h8-11,22H,1-7H3. The largest absolute Gasteiger partial charge is 0.507 e. The van der Waals surface area contributed by atoms with E-state index in [9.17, 15) is 9.90 Å². The Balaban J connectivity index is 2.62. The highest BCUT2D eigenvalue weighted by molar-refractivity contribution is 6.07. The number of hydrogen-bond donors (Lipinski definition) is 1. The molecule has 1 N–H and O–H groups in total. The van der Waals surface area contributed by atoms with Gasteiger partial charge in [-0.3, -0.25) is 4.79 Å². The zero-order valence-corrected chi connectivity index (χ0v) is 15.1. The Kier molecular flexibility index (Phi) is 4.18. The number of ether oxygens (including phenoxy) is 1. The Bertz CT molecular complexity index is 672. The van der Waals surface area contributed by atoms with Crippen molar-refractivity contribution in [2.45, 2.75) is 59.3 Å². The van der Waals surface area contributed by atoms with E-state index in [1.807, 2.05) is 12.1 Å². The Hall–Kier alpha value is -2.03. The van der Waals surface area contributed by atoms with E-state index in [2.05, 4.69) is 41.5 Å². The summed E-state index contributed by atoms with van der Waals surface area (Å²) < 4.78 is 5.47. The molecule has 0 amide bonds. The van der Waals surface area contributed by atoms with Crippen LogP contribution in [0.4, 0.5) is 0 Å². The summed E-state index contributed by atoms with van der Waals surface area (Å²) in [7, 11) is 0. The van der Waals surface area contributed by atoms with Gasteiger partial charge in [-0.15, -0.1) is 0 Å². The highest BCUT2D eigenvalue weighted by atomic mass is 16.5. The van der Waals surface area contributed by atoms with Crippen molar-refractivity contribution in [1.82, 2.24) is 0 Å². The average molecular weight is 314 g/mol. The quantitative estimate of drug-likeness (QED) is 0.755. The van der Waals surface area contributed by atoms with Crippen molar-refractivity contribution in [3.63, 3.8) is 0 Å². The van der Waals surface area contributed by atoms with Crippen molar-refractivity contribution >= 4 is 11.9 Å². The molecule has 0 spiro atoms. The van der Waals surface area contributed by atoms with Gasteiger partial charge in [-0.05, 0) is 41.5 Å². The van der Waals surface area contributed by atoms with E-state index < -0.39 is 0 Å². The van der Waals surface area contributed by atoms with Gasteiger partial charge in [0.05, 0.1) is 0 Å². The molecule has 0 saturated heterocycles. The maximum atomic E-state index is 11.9. The summed E-state index contributed by atoms with van der Waals surface area (Å²) >= 11 is 0. The molecule has 0 bridgehead atoms. The molecule has 0 saturated carbocycles. The van der Waals surface area contributed by atoms with Crippen LogP contribution in [0.5, 0.6) is 5.75 Å². The summed E-state index contributed by atoms with van der Waals surface area (Å²) in [5, 5.41) is 10.7. The lowest BCUT2D eigenvalue weighted by Crippen LogP contribution is -2.17. The number of carbonyl (C=O) groups is 1. The summed E-state index contributed by atoms with van der Waals surface area (Å²) in [5.74, 6) is 1.14. The SMILES string of the molecule is CC1=CC(=O)C(=Cc2cc(C(C)(C)C)c(O)c(C(C)(C)C)c2)O1. The van der Waals surface area contributed by atoms with E-state index in [1.165, 1.54) is 6.08 Å². The minimum Gasteiger partial charge on any atom is -0.507 e. The lowest BCUT2D eigenvalue weighted by molar-refractivity contribution is -0.112. The van der Waals surface area contributed by atoms with Crippen molar-refractivity contribution < 1.29 is 14.6 Å². The number of phenols is 1. The predicted octanol–water partition coefficient (Wildman–Crippen LogP) is 4.83. The first-order valence-electron chi connectivity index (χ1n) is 7.90. The Morgan fingerprint density at radius 3 is 1.83 bits per heavy atom. The molecule has 3 nitrogen and oxygen atoms in total. The molecule has 2 rings (SSSR count). The van der Waals surface area contributed by atoms with Crippen LogP contribution in [0.15, 0.2) is 29.7 Å².